The van der Waals surface area contributed by atoms with Gasteiger partial charge in [-0.15, -0.1) is 0 Å². The molecular formula is C18H22ClNO3. The van der Waals surface area contributed by atoms with E-state index in [1.807, 2.05) is 17.0 Å². The lowest BCUT2D eigenvalue weighted by Gasteiger charge is -2.34. The van der Waals surface area contributed by atoms with Crippen molar-refractivity contribution in [3.8, 4) is 0 Å². The number of aliphatic carboxylic acids is 1. The number of nitrogens with zero attached hydrogens (tertiary/aromatic N) is 1. The van der Waals surface area contributed by atoms with Crippen LogP contribution in [0.3, 0.4) is 0 Å². The third-order valence-corrected chi connectivity index (χ3v) is 5.53. The van der Waals surface area contributed by atoms with Crippen LogP contribution in [0.4, 0.5) is 0 Å². The summed E-state index contributed by atoms with van der Waals surface area (Å²) in [5.41, 5.74) is 1.29. The largest absolute Gasteiger partial charge is 0.481 e. The Balaban J connectivity index is 1.53. The Morgan fingerprint density at radius 3 is 2.17 bits per heavy atom. The minimum Gasteiger partial charge on any atom is -0.481 e. The Morgan fingerprint density at radius 1 is 1.00 bits per heavy atom. The highest BCUT2D eigenvalue weighted by atomic mass is 35.5. The molecule has 0 bridgehead atoms. The minimum absolute atomic E-state index is 0.0943. The molecule has 1 aromatic rings. The molecular weight excluding hydrogens is 314 g/mol. The average molecular weight is 336 g/mol. The van der Waals surface area contributed by atoms with Crippen LogP contribution >= 0.6 is 11.6 Å². The van der Waals surface area contributed by atoms with Crippen LogP contribution in [0.25, 0.3) is 0 Å². The standard InChI is InChI=1S/C18H22ClNO3/c19-16-5-3-12(4-6-16)13-7-9-20(10-8-13)17(21)14-1-2-15(11-14)18(22)23/h3-6,13-15H,1-2,7-11H2,(H,22,23)/t14-,15+/m0/s1. The quantitative estimate of drug-likeness (QED) is 0.919. The zero-order chi connectivity index (χ0) is 16.4. The first-order chi connectivity index (χ1) is 11.0. The first kappa shape index (κ1) is 16.3. The van der Waals surface area contributed by atoms with E-state index in [2.05, 4.69) is 12.1 Å². The summed E-state index contributed by atoms with van der Waals surface area (Å²) in [6.45, 7) is 1.53. The van der Waals surface area contributed by atoms with Crippen molar-refractivity contribution in [2.24, 2.45) is 11.8 Å². The number of amides is 1. The maximum Gasteiger partial charge on any atom is 0.306 e. The van der Waals surface area contributed by atoms with Gasteiger partial charge in [0.15, 0.2) is 0 Å². The number of carboxylic acids is 1. The molecule has 1 amide bonds. The van der Waals surface area contributed by atoms with Crippen LogP contribution in [-0.2, 0) is 9.59 Å². The maximum absolute atomic E-state index is 12.6. The Kier molecular flexibility index (Phi) is 4.90. The normalized spacial score (nSPS) is 25.5. The molecule has 124 valence electrons. The van der Waals surface area contributed by atoms with E-state index in [9.17, 15) is 9.59 Å². The van der Waals surface area contributed by atoms with E-state index in [1.165, 1.54) is 5.56 Å². The number of likely N-dealkylation sites (tertiary alicyclic amines) is 1. The molecule has 1 aliphatic heterocycles. The van der Waals surface area contributed by atoms with Gasteiger partial charge in [-0.05, 0) is 55.7 Å². The lowest BCUT2D eigenvalue weighted by Crippen LogP contribution is -2.41. The minimum atomic E-state index is -0.762. The molecule has 5 heteroatoms. The second-order valence-electron chi connectivity index (χ2n) is 6.70. The van der Waals surface area contributed by atoms with Gasteiger partial charge in [-0.2, -0.15) is 0 Å². The van der Waals surface area contributed by atoms with Crippen LogP contribution < -0.4 is 0 Å². The molecule has 0 radical (unpaired) electrons. The maximum atomic E-state index is 12.6. The van der Waals surface area contributed by atoms with E-state index < -0.39 is 5.97 Å². The SMILES string of the molecule is O=C(O)[C@@H]1CC[C@H](C(=O)N2CCC(c3ccc(Cl)cc3)CC2)C1. The van der Waals surface area contributed by atoms with E-state index in [4.69, 9.17) is 16.7 Å². The second-order valence-corrected chi connectivity index (χ2v) is 7.13. The van der Waals surface area contributed by atoms with Crippen molar-refractivity contribution in [3.05, 3.63) is 34.9 Å². The zero-order valence-electron chi connectivity index (χ0n) is 13.1. The van der Waals surface area contributed by atoms with Gasteiger partial charge in [0, 0.05) is 24.0 Å². The number of piperidine rings is 1. The van der Waals surface area contributed by atoms with Gasteiger partial charge >= 0.3 is 5.97 Å². The van der Waals surface area contributed by atoms with Crippen LogP contribution in [0.2, 0.25) is 5.02 Å². The average Bonchev–Trinajstić information content (AvgIpc) is 3.05. The van der Waals surface area contributed by atoms with Crippen molar-refractivity contribution in [3.63, 3.8) is 0 Å². The number of carbonyl (C=O) groups is 2. The number of benzene rings is 1. The third-order valence-electron chi connectivity index (χ3n) is 5.28. The highest BCUT2D eigenvalue weighted by Crippen LogP contribution is 2.34. The van der Waals surface area contributed by atoms with Crippen molar-refractivity contribution in [1.29, 1.82) is 0 Å². The van der Waals surface area contributed by atoms with Gasteiger partial charge in [0.05, 0.1) is 5.92 Å². The van der Waals surface area contributed by atoms with E-state index in [0.29, 0.717) is 25.2 Å². The smallest absolute Gasteiger partial charge is 0.306 e. The number of carboxylic acid groups (broad SMARTS) is 1. The summed E-state index contributed by atoms with van der Waals surface area (Å²) < 4.78 is 0. The van der Waals surface area contributed by atoms with E-state index in [-0.39, 0.29) is 17.7 Å². The van der Waals surface area contributed by atoms with Gasteiger partial charge in [0.1, 0.15) is 0 Å². The number of hydrogen-bond acceptors (Lipinski definition) is 2. The fraction of sp³-hybridized carbons (Fsp3) is 0.556. The molecule has 0 unspecified atom stereocenters. The first-order valence-corrected chi connectivity index (χ1v) is 8.69. The van der Waals surface area contributed by atoms with Crippen LogP contribution in [0.1, 0.15) is 43.6 Å². The Hall–Kier alpha value is -1.55. The number of rotatable bonds is 3. The van der Waals surface area contributed by atoms with Gasteiger partial charge in [0.25, 0.3) is 0 Å². The fourth-order valence-corrected chi connectivity index (χ4v) is 3.98. The molecule has 2 aliphatic rings. The lowest BCUT2D eigenvalue weighted by atomic mass is 9.89. The van der Waals surface area contributed by atoms with Gasteiger partial charge in [-0.3, -0.25) is 9.59 Å². The monoisotopic (exact) mass is 335 g/mol. The molecule has 23 heavy (non-hydrogen) atoms. The molecule has 2 atom stereocenters. The predicted octanol–water partition coefficient (Wildman–Crippen LogP) is 3.55. The van der Waals surface area contributed by atoms with Crippen LogP contribution in [0.5, 0.6) is 0 Å². The summed E-state index contributed by atoms with van der Waals surface area (Å²) in [7, 11) is 0. The summed E-state index contributed by atoms with van der Waals surface area (Å²) in [4.78, 5) is 25.5. The second kappa shape index (κ2) is 6.91. The van der Waals surface area contributed by atoms with Gasteiger partial charge in [-0.25, -0.2) is 0 Å². The van der Waals surface area contributed by atoms with Crippen molar-refractivity contribution < 1.29 is 14.7 Å². The highest BCUT2D eigenvalue weighted by molar-refractivity contribution is 6.30. The molecule has 4 nitrogen and oxygen atoms in total. The Bertz CT molecular complexity index is 578. The van der Waals surface area contributed by atoms with Crippen LogP contribution in [-0.4, -0.2) is 35.0 Å². The summed E-state index contributed by atoms with van der Waals surface area (Å²) in [5.74, 6) is -0.560. The van der Waals surface area contributed by atoms with Crippen molar-refractivity contribution >= 4 is 23.5 Å². The summed E-state index contributed by atoms with van der Waals surface area (Å²) in [5, 5.41) is 9.82. The zero-order valence-corrected chi connectivity index (χ0v) is 13.8. The topological polar surface area (TPSA) is 57.6 Å². The van der Waals surface area contributed by atoms with Crippen molar-refractivity contribution in [1.82, 2.24) is 4.90 Å². The molecule has 1 saturated heterocycles. The number of carbonyl (C=O) groups excluding carboxylic acids is 1. The summed E-state index contributed by atoms with van der Waals surface area (Å²) >= 11 is 5.93. The van der Waals surface area contributed by atoms with E-state index in [1.54, 1.807) is 0 Å². The molecule has 1 N–H and O–H groups in total. The molecule has 2 fully saturated rings. The molecule has 1 saturated carbocycles. The van der Waals surface area contributed by atoms with Gasteiger partial charge < -0.3 is 10.0 Å². The molecule has 1 aliphatic carbocycles. The summed E-state index contributed by atoms with van der Waals surface area (Å²) in [6, 6.07) is 7.97. The first-order valence-electron chi connectivity index (χ1n) is 8.31. The lowest BCUT2D eigenvalue weighted by molar-refractivity contribution is -0.141. The predicted molar refractivity (Wildman–Crippen MR) is 88.5 cm³/mol. The third kappa shape index (κ3) is 3.69. The molecule has 1 heterocycles. The van der Waals surface area contributed by atoms with Crippen molar-refractivity contribution in [2.45, 2.75) is 38.0 Å². The van der Waals surface area contributed by atoms with E-state index >= 15 is 0 Å². The molecule has 0 aromatic heterocycles. The fourth-order valence-electron chi connectivity index (χ4n) is 3.86. The van der Waals surface area contributed by atoms with Gasteiger partial charge in [-0.1, -0.05) is 23.7 Å². The molecule has 3 rings (SSSR count). The van der Waals surface area contributed by atoms with Crippen LogP contribution in [0.15, 0.2) is 24.3 Å². The Labute approximate surface area is 141 Å². The van der Waals surface area contributed by atoms with Crippen molar-refractivity contribution in [2.75, 3.05) is 13.1 Å². The van der Waals surface area contributed by atoms with E-state index in [0.717, 1.165) is 31.0 Å². The summed E-state index contributed by atoms with van der Waals surface area (Å²) in [6.07, 6.45) is 3.77. The highest BCUT2D eigenvalue weighted by Gasteiger charge is 2.36. The Morgan fingerprint density at radius 2 is 1.61 bits per heavy atom. The van der Waals surface area contributed by atoms with Crippen LogP contribution in [0, 0.1) is 11.8 Å². The number of halogens is 1. The number of hydrogen-bond donors (Lipinski definition) is 1. The van der Waals surface area contributed by atoms with Gasteiger partial charge in [0.2, 0.25) is 5.91 Å². The molecule has 0 spiro atoms. The molecule has 1 aromatic carbocycles.